The third-order valence-electron chi connectivity index (χ3n) is 0.849. The monoisotopic (exact) mass is 124 g/mol. The molecule has 0 bridgehead atoms. The zero-order valence-corrected chi connectivity index (χ0v) is 5.92. The van der Waals surface area contributed by atoms with E-state index in [1.165, 1.54) is 0 Å². The maximum atomic E-state index is 10.6. The lowest BCUT2D eigenvalue weighted by molar-refractivity contribution is -0.110. The molecule has 0 rings (SSSR count). The number of allylic oxidation sites excluding steroid dienone is 4. The van der Waals surface area contributed by atoms with E-state index in [1.54, 1.807) is 18.2 Å². The molecule has 50 valence electrons. The Morgan fingerprint density at radius 3 is 2.56 bits per heavy atom. The molecule has 0 aliphatic carbocycles. The van der Waals surface area contributed by atoms with Crippen molar-refractivity contribution in [1.29, 1.82) is 0 Å². The van der Waals surface area contributed by atoms with Crippen molar-refractivity contribution < 1.29 is 4.79 Å². The standard InChI is InChI=1S/C8H12O/c1-3-5-7-8(9)6-4-2/h4-7H,3H2,1-2H3/b6-4+,7-5+. The number of hydrogen-bond donors (Lipinski definition) is 0. The third-order valence-corrected chi connectivity index (χ3v) is 0.849. The Kier molecular flexibility index (Phi) is 4.79. The lowest BCUT2D eigenvalue weighted by Crippen LogP contribution is -1.82. The molecule has 0 aromatic rings. The highest BCUT2D eigenvalue weighted by Crippen LogP contribution is 1.83. The van der Waals surface area contributed by atoms with Crippen LogP contribution in [0.25, 0.3) is 0 Å². The van der Waals surface area contributed by atoms with E-state index in [9.17, 15) is 4.79 Å². The minimum Gasteiger partial charge on any atom is -0.290 e. The van der Waals surface area contributed by atoms with E-state index in [-0.39, 0.29) is 5.78 Å². The third kappa shape index (κ3) is 5.01. The molecule has 0 aliphatic rings. The van der Waals surface area contributed by atoms with Gasteiger partial charge in [-0.25, -0.2) is 0 Å². The van der Waals surface area contributed by atoms with Gasteiger partial charge < -0.3 is 0 Å². The average molecular weight is 124 g/mol. The van der Waals surface area contributed by atoms with Gasteiger partial charge in [-0.2, -0.15) is 0 Å². The van der Waals surface area contributed by atoms with Gasteiger partial charge in [-0.05, 0) is 25.5 Å². The Balaban J connectivity index is 3.63. The Labute approximate surface area is 56.1 Å². The highest BCUT2D eigenvalue weighted by molar-refractivity contribution is 5.98. The van der Waals surface area contributed by atoms with Gasteiger partial charge in [0.15, 0.2) is 5.78 Å². The van der Waals surface area contributed by atoms with Crippen LogP contribution in [0, 0.1) is 0 Å². The molecular formula is C8H12O. The first-order valence-electron chi connectivity index (χ1n) is 3.14. The van der Waals surface area contributed by atoms with Gasteiger partial charge >= 0.3 is 0 Å². The van der Waals surface area contributed by atoms with Crippen molar-refractivity contribution in [2.75, 3.05) is 0 Å². The quantitative estimate of drug-likeness (QED) is 0.526. The largest absolute Gasteiger partial charge is 0.290 e. The number of hydrogen-bond acceptors (Lipinski definition) is 1. The van der Waals surface area contributed by atoms with Crippen LogP contribution in [0.5, 0.6) is 0 Å². The molecule has 0 aromatic carbocycles. The fourth-order valence-corrected chi connectivity index (χ4v) is 0.454. The number of ketones is 1. The Morgan fingerprint density at radius 2 is 2.11 bits per heavy atom. The van der Waals surface area contributed by atoms with E-state index in [1.807, 2.05) is 19.9 Å². The van der Waals surface area contributed by atoms with Gasteiger partial charge in [-0.3, -0.25) is 4.79 Å². The van der Waals surface area contributed by atoms with Crippen LogP contribution in [-0.2, 0) is 4.79 Å². The molecule has 0 radical (unpaired) electrons. The van der Waals surface area contributed by atoms with Crippen LogP contribution in [0.15, 0.2) is 24.3 Å². The minimum atomic E-state index is 0.0688. The predicted octanol–water partition coefficient (Wildman–Crippen LogP) is 2.10. The van der Waals surface area contributed by atoms with Crippen molar-refractivity contribution in [2.24, 2.45) is 0 Å². The molecule has 0 saturated heterocycles. The molecule has 0 unspecified atom stereocenters. The summed E-state index contributed by atoms with van der Waals surface area (Å²) in [5.74, 6) is 0.0688. The molecule has 0 amide bonds. The number of carbonyl (C=O) groups is 1. The van der Waals surface area contributed by atoms with Crippen LogP contribution in [-0.4, -0.2) is 5.78 Å². The summed E-state index contributed by atoms with van der Waals surface area (Å²) in [6, 6.07) is 0. The van der Waals surface area contributed by atoms with Gasteiger partial charge in [0, 0.05) is 0 Å². The smallest absolute Gasteiger partial charge is 0.177 e. The zero-order chi connectivity index (χ0) is 7.11. The summed E-state index contributed by atoms with van der Waals surface area (Å²) in [5, 5.41) is 0. The molecule has 0 atom stereocenters. The van der Waals surface area contributed by atoms with Gasteiger partial charge in [-0.15, -0.1) is 0 Å². The molecule has 0 spiro atoms. The fraction of sp³-hybridized carbons (Fsp3) is 0.375. The van der Waals surface area contributed by atoms with Crippen LogP contribution < -0.4 is 0 Å². The lowest BCUT2D eigenvalue weighted by Gasteiger charge is -1.78. The SMILES string of the molecule is C/C=C/C(=O)/C=C/CC. The molecular weight excluding hydrogens is 112 g/mol. The van der Waals surface area contributed by atoms with Crippen LogP contribution in [0.3, 0.4) is 0 Å². The van der Waals surface area contributed by atoms with Crippen LogP contribution >= 0.6 is 0 Å². The van der Waals surface area contributed by atoms with Gasteiger partial charge in [0.05, 0.1) is 0 Å². The minimum absolute atomic E-state index is 0.0688. The van der Waals surface area contributed by atoms with Crippen molar-refractivity contribution in [3.8, 4) is 0 Å². The van der Waals surface area contributed by atoms with E-state index in [0.717, 1.165) is 6.42 Å². The van der Waals surface area contributed by atoms with E-state index in [4.69, 9.17) is 0 Å². The van der Waals surface area contributed by atoms with Crippen LogP contribution in [0.4, 0.5) is 0 Å². The summed E-state index contributed by atoms with van der Waals surface area (Å²) in [6.07, 6.45) is 7.64. The normalized spacial score (nSPS) is 11.3. The maximum absolute atomic E-state index is 10.6. The summed E-state index contributed by atoms with van der Waals surface area (Å²) in [4.78, 5) is 10.6. The second-order valence-corrected chi connectivity index (χ2v) is 1.71. The Bertz CT molecular complexity index is 132. The van der Waals surface area contributed by atoms with Crippen molar-refractivity contribution in [2.45, 2.75) is 20.3 Å². The first-order chi connectivity index (χ1) is 4.31. The second-order valence-electron chi connectivity index (χ2n) is 1.71. The predicted molar refractivity (Wildman–Crippen MR) is 39.3 cm³/mol. The van der Waals surface area contributed by atoms with Crippen molar-refractivity contribution >= 4 is 5.78 Å². The summed E-state index contributed by atoms with van der Waals surface area (Å²) < 4.78 is 0. The topological polar surface area (TPSA) is 17.1 Å². The van der Waals surface area contributed by atoms with E-state index < -0.39 is 0 Å². The van der Waals surface area contributed by atoms with Crippen molar-refractivity contribution in [3.63, 3.8) is 0 Å². The molecule has 1 heteroatoms. The van der Waals surface area contributed by atoms with E-state index in [2.05, 4.69) is 0 Å². The number of rotatable bonds is 3. The summed E-state index contributed by atoms with van der Waals surface area (Å²) in [5.41, 5.74) is 0. The lowest BCUT2D eigenvalue weighted by atomic mass is 10.3. The van der Waals surface area contributed by atoms with Gasteiger partial charge in [0.2, 0.25) is 0 Å². The summed E-state index contributed by atoms with van der Waals surface area (Å²) >= 11 is 0. The maximum Gasteiger partial charge on any atom is 0.177 e. The fourth-order valence-electron chi connectivity index (χ4n) is 0.454. The molecule has 9 heavy (non-hydrogen) atoms. The molecule has 0 aliphatic heterocycles. The zero-order valence-electron chi connectivity index (χ0n) is 5.92. The Hall–Kier alpha value is -0.850. The Morgan fingerprint density at radius 1 is 1.44 bits per heavy atom. The average Bonchev–Trinajstić information content (AvgIpc) is 1.85. The second kappa shape index (κ2) is 5.29. The van der Waals surface area contributed by atoms with E-state index in [0.29, 0.717) is 0 Å². The first kappa shape index (κ1) is 8.15. The molecule has 0 fully saturated rings. The highest BCUT2D eigenvalue weighted by Gasteiger charge is 1.82. The molecule has 0 aromatic heterocycles. The molecule has 0 saturated carbocycles. The van der Waals surface area contributed by atoms with Gasteiger partial charge in [0.1, 0.15) is 0 Å². The van der Waals surface area contributed by atoms with Crippen molar-refractivity contribution in [1.82, 2.24) is 0 Å². The van der Waals surface area contributed by atoms with Crippen LogP contribution in [0.2, 0.25) is 0 Å². The first-order valence-corrected chi connectivity index (χ1v) is 3.14. The molecule has 1 nitrogen and oxygen atoms in total. The van der Waals surface area contributed by atoms with Gasteiger partial charge in [0.25, 0.3) is 0 Å². The molecule has 0 N–H and O–H groups in total. The summed E-state index contributed by atoms with van der Waals surface area (Å²) in [7, 11) is 0. The highest BCUT2D eigenvalue weighted by atomic mass is 16.1. The van der Waals surface area contributed by atoms with Crippen LogP contribution in [0.1, 0.15) is 20.3 Å². The van der Waals surface area contributed by atoms with Gasteiger partial charge in [-0.1, -0.05) is 19.1 Å². The number of carbonyl (C=O) groups excluding carboxylic acids is 1. The van der Waals surface area contributed by atoms with E-state index >= 15 is 0 Å². The molecule has 0 heterocycles. The van der Waals surface area contributed by atoms with Crippen molar-refractivity contribution in [3.05, 3.63) is 24.3 Å². The summed E-state index contributed by atoms with van der Waals surface area (Å²) in [6.45, 7) is 3.83.